The Kier molecular flexibility index (Phi) is 5.74. The fourth-order valence-electron chi connectivity index (χ4n) is 3.90. The maximum Gasteiger partial charge on any atom is 0.339 e. The highest BCUT2D eigenvalue weighted by Crippen LogP contribution is 2.29. The van der Waals surface area contributed by atoms with E-state index >= 15 is 0 Å². The molecule has 0 spiro atoms. The molecule has 0 unspecified atom stereocenters. The van der Waals surface area contributed by atoms with Crippen LogP contribution in [0.3, 0.4) is 0 Å². The van der Waals surface area contributed by atoms with Crippen molar-refractivity contribution in [1.82, 2.24) is 4.98 Å². The number of carbonyl (C=O) groups excluding carboxylic acids is 2. The Morgan fingerprint density at radius 3 is 2.77 bits per heavy atom. The molecule has 0 bridgehead atoms. The van der Waals surface area contributed by atoms with Gasteiger partial charge in [0.25, 0.3) is 5.91 Å². The average Bonchev–Trinajstić information content (AvgIpc) is 2.98. The Labute approximate surface area is 174 Å². The maximum atomic E-state index is 13.4. The Morgan fingerprint density at radius 2 is 1.90 bits per heavy atom. The molecule has 4 rings (SSSR count). The Hall–Kier alpha value is -3.28. The number of esters is 1. The Bertz CT molecular complexity index is 1130. The average molecular weight is 406 g/mol. The molecule has 0 saturated heterocycles. The van der Waals surface area contributed by atoms with Crippen molar-refractivity contribution in [2.24, 2.45) is 0 Å². The predicted octanol–water partition coefficient (Wildman–Crippen LogP) is 4.75. The number of aromatic nitrogens is 1. The second kappa shape index (κ2) is 8.61. The topological polar surface area (TPSA) is 68.3 Å². The van der Waals surface area contributed by atoms with Gasteiger partial charge in [-0.15, -0.1) is 0 Å². The standard InChI is InChI=1S/C24H23FN2O3/c1-15-11-12-16(25)13-21(15)27-22(28)14-30-24(29)23-17-7-3-2-4-9-19(17)26-20-10-6-5-8-18(20)23/h5-6,8,10-13H,2-4,7,9,14H2,1H3,(H,27,28). The number of pyridine rings is 1. The zero-order chi connectivity index (χ0) is 21.1. The summed E-state index contributed by atoms with van der Waals surface area (Å²) in [6.07, 6.45) is 4.73. The lowest BCUT2D eigenvalue weighted by Crippen LogP contribution is -2.22. The number of nitrogens with zero attached hydrogens (tertiary/aromatic N) is 1. The van der Waals surface area contributed by atoms with Gasteiger partial charge in [0.05, 0.1) is 11.1 Å². The third-order valence-corrected chi connectivity index (χ3v) is 5.43. The normalized spacial score (nSPS) is 13.4. The van der Waals surface area contributed by atoms with Crippen molar-refractivity contribution in [3.05, 3.63) is 70.7 Å². The Morgan fingerprint density at radius 1 is 1.10 bits per heavy atom. The lowest BCUT2D eigenvalue weighted by atomic mass is 9.97. The first kappa shape index (κ1) is 20.0. The van der Waals surface area contributed by atoms with E-state index in [1.807, 2.05) is 24.3 Å². The van der Waals surface area contributed by atoms with E-state index in [2.05, 4.69) is 5.32 Å². The van der Waals surface area contributed by atoms with Crippen molar-refractivity contribution < 1.29 is 18.7 Å². The van der Waals surface area contributed by atoms with E-state index in [-0.39, 0.29) is 0 Å². The minimum atomic E-state index is -0.530. The summed E-state index contributed by atoms with van der Waals surface area (Å²) in [5.41, 5.74) is 4.22. The van der Waals surface area contributed by atoms with Gasteiger partial charge in [-0.3, -0.25) is 9.78 Å². The third-order valence-electron chi connectivity index (χ3n) is 5.43. The summed E-state index contributed by atoms with van der Waals surface area (Å²) in [5.74, 6) is -1.49. The number of fused-ring (bicyclic) bond motifs is 2. The molecule has 6 heteroatoms. The van der Waals surface area contributed by atoms with Crippen molar-refractivity contribution >= 4 is 28.5 Å². The first-order chi connectivity index (χ1) is 14.5. The molecule has 1 aromatic heterocycles. The van der Waals surface area contributed by atoms with Crippen LogP contribution in [0.1, 0.15) is 46.4 Å². The van der Waals surface area contributed by atoms with Gasteiger partial charge in [0, 0.05) is 16.8 Å². The van der Waals surface area contributed by atoms with Crippen LogP contribution in [0.4, 0.5) is 10.1 Å². The van der Waals surface area contributed by atoms with Crippen molar-refractivity contribution in [3.63, 3.8) is 0 Å². The van der Waals surface area contributed by atoms with Gasteiger partial charge in [0.2, 0.25) is 0 Å². The predicted molar refractivity (Wildman–Crippen MR) is 113 cm³/mol. The number of hydrogen-bond acceptors (Lipinski definition) is 4. The van der Waals surface area contributed by atoms with E-state index in [1.165, 1.54) is 12.1 Å². The number of aryl methyl sites for hydroxylation is 2. The van der Waals surface area contributed by atoms with Gasteiger partial charge < -0.3 is 10.1 Å². The molecule has 0 saturated carbocycles. The molecule has 1 N–H and O–H groups in total. The molecular formula is C24H23FN2O3. The van der Waals surface area contributed by atoms with Crippen LogP contribution < -0.4 is 5.32 Å². The number of benzene rings is 2. The van der Waals surface area contributed by atoms with Crippen LogP contribution in [0, 0.1) is 12.7 Å². The zero-order valence-corrected chi connectivity index (χ0v) is 16.8. The Balaban J connectivity index is 1.56. The van der Waals surface area contributed by atoms with E-state index in [4.69, 9.17) is 9.72 Å². The van der Waals surface area contributed by atoms with Crippen LogP contribution >= 0.6 is 0 Å². The van der Waals surface area contributed by atoms with E-state index in [1.54, 1.807) is 13.0 Å². The van der Waals surface area contributed by atoms with Crippen molar-refractivity contribution in [3.8, 4) is 0 Å². The number of halogens is 1. The molecule has 30 heavy (non-hydrogen) atoms. The van der Waals surface area contributed by atoms with E-state index in [0.29, 0.717) is 11.3 Å². The molecule has 0 radical (unpaired) electrons. The molecule has 0 aliphatic heterocycles. The largest absolute Gasteiger partial charge is 0.452 e. The van der Waals surface area contributed by atoms with Gasteiger partial charge in [-0.25, -0.2) is 9.18 Å². The van der Waals surface area contributed by atoms with Crippen LogP contribution in [0.25, 0.3) is 10.9 Å². The van der Waals surface area contributed by atoms with E-state index < -0.39 is 24.3 Å². The monoisotopic (exact) mass is 406 g/mol. The fraction of sp³-hybridized carbons (Fsp3) is 0.292. The number of anilines is 1. The molecule has 1 aliphatic rings. The third kappa shape index (κ3) is 4.17. The molecule has 0 fully saturated rings. The number of carbonyl (C=O) groups is 2. The summed E-state index contributed by atoms with van der Waals surface area (Å²) in [6, 6.07) is 11.6. The number of rotatable bonds is 4. The van der Waals surface area contributed by atoms with Gasteiger partial charge in [0.1, 0.15) is 5.82 Å². The number of amides is 1. The first-order valence-corrected chi connectivity index (χ1v) is 10.2. The van der Waals surface area contributed by atoms with E-state index in [0.717, 1.165) is 59.8 Å². The van der Waals surface area contributed by atoms with Gasteiger partial charge in [0.15, 0.2) is 6.61 Å². The van der Waals surface area contributed by atoms with Gasteiger partial charge in [-0.2, -0.15) is 0 Å². The fourth-order valence-corrected chi connectivity index (χ4v) is 3.90. The van der Waals surface area contributed by atoms with Crippen LogP contribution in [0.2, 0.25) is 0 Å². The SMILES string of the molecule is Cc1ccc(F)cc1NC(=O)COC(=O)c1c2c(nc3ccccc13)CCCCC2. The highest BCUT2D eigenvalue weighted by molar-refractivity contribution is 6.06. The highest BCUT2D eigenvalue weighted by atomic mass is 19.1. The number of hydrogen-bond donors (Lipinski definition) is 1. The minimum Gasteiger partial charge on any atom is -0.452 e. The molecular weight excluding hydrogens is 383 g/mol. The smallest absolute Gasteiger partial charge is 0.339 e. The quantitative estimate of drug-likeness (QED) is 0.502. The van der Waals surface area contributed by atoms with Crippen LogP contribution in [0.15, 0.2) is 42.5 Å². The molecule has 154 valence electrons. The zero-order valence-electron chi connectivity index (χ0n) is 16.8. The first-order valence-electron chi connectivity index (χ1n) is 10.2. The maximum absolute atomic E-state index is 13.4. The highest BCUT2D eigenvalue weighted by Gasteiger charge is 2.23. The summed E-state index contributed by atoms with van der Waals surface area (Å²) in [7, 11) is 0. The number of ether oxygens (including phenoxy) is 1. The summed E-state index contributed by atoms with van der Waals surface area (Å²) in [4.78, 5) is 30.1. The van der Waals surface area contributed by atoms with Gasteiger partial charge in [-0.05, 0) is 61.9 Å². The lowest BCUT2D eigenvalue weighted by Gasteiger charge is -2.15. The van der Waals surface area contributed by atoms with Crippen molar-refractivity contribution in [1.29, 1.82) is 0 Å². The molecule has 0 atom stereocenters. The van der Waals surface area contributed by atoms with E-state index in [9.17, 15) is 14.0 Å². The molecule has 1 amide bonds. The molecule has 2 aromatic carbocycles. The summed E-state index contributed by atoms with van der Waals surface area (Å²) in [6.45, 7) is 1.32. The summed E-state index contributed by atoms with van der Waals surface area (Å²) < 4.78 is 18.8. The van der Waals surface area contributed by atoms with Crippen LogP contribution in [-0.2, 0) is 22.4 Å². The molecule has 1 heterocycles. The van der Waals surface area contributed by atoms with Crippen molar-refractivity contribution in [2.75, 3.05) is 11.9 Å². The van der Waals surface area contributed by atoms with Crippen LogP contribution in [-0.4, -0.2) is 23.5 Å². The van der Waals surface area contributed by atoms with Gasteiger partial charge in [-0.1, -0.05) is 30.7 Å². The second-order valence-electron chi connectivity index (χ2n) is 7.57. The number of para-hydroxylation sites is 1. The molecule has 3 aromatic rings. The second-order valence-corrected chi connectivity index (χ2v) is 7.57. The van der Waals surface area contributed by atoms with Crippen molar-refractivity contribution in [2.45, 2.75) is 39.0 Å². The molecule has 5 nitrogen and oxygen atoms in total. The summed E-state index contributed by atoms with van der Waals surface area (Å²) in [5, 5.41) is 3.34. The lowest BCUT2D eigenvalue weighted by molar-refractivity contribution is -0.119. The molecule has 1 aliphatic carbocycles. The van der Waals surface area contributed by atoms with Gasteiger partial charge >= 0.3 is 5.97 Å². The van der Waals surface area contributed by atoms with Crippen LogP contribution in [0.5, 0.6) is 0 Å². The minimum absolute atomic E-state index is 0.360. The summed E-state index contributed by atoms with van der Waals surface area (Å²) >= 11 is 0. The number of nitrogens with one attached hydrogen (secondary N) is 1.